The minimum Gasteiger partial charge on any atom is -0.461 e. The molecule has 7 heteroatoms. The maximum atomic E-state index is 13.1. The molecule has 0 aliphatic heterocycles. The second-order valence-electron chi connectivity index (χ2n) is 5.85. The van der Waals surface area contributed by atoms with Gasteiger partial charge in [0.1, 0.15) is 6.61 Å². The van der Waals surface area contributed by atoms with E-state index in [0.717, 1.165) is 0 Å². The lowest BCUT2D eigenvalue weighted by atomic mass is 9.86. The van der Waals surface area contributed by atoms with E-state index in [1.807, 2.05) is 19.0 Å². The summed E-state index contributed by atoms with van der Waals surface area (Å²) in [6.07, 6.45) is 0. The number of hydrogen-bond donors (Lipinski definition) is 0. The summed E-state index contributed by atoms with van der Waals surface area (Å²) in [4.78, 5) is 20.5. The van der Waals surface area contributed by atoms with Gasteiger partial charge in [-0.05, 0) is 38.4 Å². The Morgan fingerprint density at radius 3 is 1.88 bits per heavy atom. The van der Waals surface area contributed by atoms with Crippen LogP contribution in [-0.4, -0.2) is 44.8 Å². The lowest BCUT2D eigenvalue weighted by Crippen LogP contribution is -2.41. The third-order valence-electron chi connectivity index (χ3n) is 3.76. The molecule has 0 aliphatic rings. The van der Waals surface area contributed by atoms with Crippen LogP contribution in [0.1, 0.15) is 11.1 Å². The van der Waals surface area contributed by atoms with E-state index in [1.54, 1.807) is 48.5 Å². The number of ether oxygens (including phenoxy) is 1. The highest BCUT2D eigenvalue weighted by molar-refractivity contribution is 6.30. The highest BCUT2D eigenvalue weighted by Crippen LogP contribution is 2.36. The van der Waals surface area contributed by atoms with Crippen molar-refractivity contribution in [2.75, 3.05) is 27.2 Å². The second kappa shape index (κ2) is 9.03. The summed E-state index contributed by atoms with van der Waals surface area (Å²) in [6, 6.07) is 13.4. The van der Waals surface area contributed by atoms with Crippen LogP contribution in [-0.2, 0) is 20.0 Å². The van der Waals surface area contributed by atoms with Gasteiger partial charge in [-0.25, -0.2) is 4.79 Å². The molecule has 2 aromatic rings. The standard InChI is InChI=1S/C19H20Cl2N2O3/c1-22-26-19(14-4-8-16(20)9-5-14,15-6-10-17(21)11-7-15)18(24)25-13-12-23(2)3/h4-11H,1,12-13H2,2-3H3. The molecular weight excluding hydrogens is 375 g/mol. The number of esters is 1. The molecule has 0 spiro atoms. The molecule has 0 saturated heterocycles. The highest BCUT2D eigenvalue weighted by Gasteiger charge is 2.47. The zero-order chi connectivity index (χ0) is 19.2. The van der Waals surface area contributed by atoms with Gasteiger partial charge in [-0.2, -0.15) is 0 Å². The highest BCUT2D eigenvalue weighted by atomic mass is 35.5. The van der Waals surface area contributed by atoms with Crippen molar-refractivity contribution in [3.05, 3.63) is 69.7 Å². The number of hydrogen-bond acceptors (Lipinski definition) is 5. The fourth-order valence-corrected chi connectivity index (χ4v) is 2.69. The third kappa shape index (κ3) is 4.55. The molecule has 0 N–H and O–H groups in total. The van der Waals surface area contributed by atoms with Crippen LogP contribution in [0.5, 0.6) is 0 Å². The number of carbonyl (C=O) groups excluding carboxylic acids is 1. The van der Waals surface area contributed by atoms with E-state index in [1.165, 1.54) is 0 Å². The van der Waals surface area contributed by atoms with Crippen LogP contribution < -0.4 is 0 Å². The van der Waals surface area contributed by atoms with Gasteiger partial charge in [0.15, 0.2) is 0 Å². The number of carbonyl (C=O) groups is 1. The number of oxime groups is 1. The molecule has 0 aromatic heterocycles. The Labute approximate surface area is 163 Å². The van der Waals surface area contributed by atoms with E-state index in [9.17, 15) is 4.79 Å². The van der Waals surface area contributed by atoms with Crippen LogP contribution in [0.4, 0.5) is 0 Å². The lowest BCUT2D eigenvalue weighted by molar-refractivity contribution is -0.169. The third-order valence-corrected chi connectivity index (χ3v) is 4.27. The molecule has 0 amide bonds. The quantitative estimate of drug-likeness (QED) is 0.386. The average molecular weight is 395 g/mol. The van der Waals surface area contributed by atoms with Crippen molar-refractivity contribution in [1.29, 1.82) is 0 Å². The van der Waals surface area contributed by atoms with Gasteiger partial charge in [0, 0.05) is 34.4 Å². The number of benzene rings is 2. The summed E-state index contributed by atoms with van der Waals surface area (Å²) in [6.45, 7) is 4.16. The first kappa shape index (κ1) is 20.2. The normalized spacial score (nSPS) is 11.3. The molecule has 0 unspecified atom stereocenters. The summed E-state index contributed by atoms with van der Waals surface area (Å²) in [5.41, 5.74) is -0.568. The van der Waals surface area contributed by atoms with Crippen LogP contribution >= 0.6 is 23.2 Å². The molecule has 0 bridgehead atoms. The van der Waals surface area contributed by atoms with Gasteiger partial charge in [-0.15, -0.1) is 5.16 Å². The fraction of sp³-hybridized carbons (Fsp3) is 0.263. The van der Waals surface area contributed by atoms with Crippen molar-refractivity contribution in [3.8, 4) is 0 Å². The second-order valence-corrected chi connectivity index (χ2v) is 6.73. The van der Waals surface area contributed by atoms with Gasteiger partial charge >= 0.3 is 5.97 Å². The molecule has 2 aromatic carbocycles. The number of nitrogens with zero attached hydrogens (tertiary/aromatic N) is 2. The monoisotopic (exact) mass is 394 g/mol. The summed E-state index contributed by atoms with van der Waals surface area (Å²) < 4.78 is 5.48. The molecule has 5 nitrogen and oxygen atoms in total. The zero-order valence-electron chi connectivity index (χ0n) is 14.6. The molecular formula is C19H20Cl2N2O3. The minimum atomic E-state index is -1.61. The van der Waals surface area contributed by atoms with E-state index < -0.39 is 11.6 Å². The first-order chi connectivity index (χ1) is 12.4. The number of halogens is 2. The SMILES string of the molecule is C=NOC(C(=O)OCCN(C)C)(c1ccc(Cl)cc1)c1ccc(Cl)cc1. The first-order valence-corrected chi connectivity index (χ1v) is 8.64. The first-order valence-electron chi connectivity index (χ1n) is 7.88. The zero-order valence-corrected chi connectivity index (χ0v) is 16.1. The summed E-state index contributed by atoms with van der Waals surface area (Å²) in [5.74, 6) is -0.601. The van der Waals surface area contributed by atoms with Gasteiger partial charge in [-0.1, -0.05) is 47.5 Å². The van der Waals surface area contributed by atoms with Gasteiger partial charge < -0.3 is 14.5 Å². The predicted octanol–water partition coefficient (Wildman–Crippen LogP) is 3.97. The Kier molecular flexibility index (Phi) is 7.03. The molecule has 0 aliphatic carbocycles. The maximum absolute atomic E-state index is 13.1. The molecule has 26 heavy (non-hydrogen) atoms. The fourth-order valence-electron chi connectivity index (χ4n) is 2.43. The topological polar surface area (TPSA) is 51.1 Å². The van der Waals surface area contributed by atoms with Crippen LogP contribution in [0.3, 0.4) is 0 Å². The Balaban J connectivity index is 2.53. The van der Waals surface area contributed by atoms with Crippen LogP contribution in [0.25, 0.3) is 0 Å². The minimum absolute atomic E-state index is 0.204. The Morgan fingerprint density at radius 1 is 1.04 bits per heavy atom. The van der Waals surface area contributed by atoms with Gasteiger partial charge in [0.2, 0.25) is 0 Å². The molecule has 0 radical (unpaired) electrons. The molecule has 0 fully saturated rings. The largest absolute Gasteiger partial charge is 0.461 e. The molecule has 138 valence electrons. The molecule has 0 atom stereocenters. The predicted molar refractivity (Wildman–Crippen MR) is 104 cm³/mol. The molecule has 2 rings (SSSR count). The van der Waals surface area contributed by atoms with Crippen LogP contribution in [0.2, 0.25) is 10.0 Å². The Hall–Kier alpha value is -2.08. The van der Waals surface area contributed by atoms with E-state index >= 15 is 0 Å². The van der Waals surface area contributed by atoms with Crippen molar-refractivity contribution >= 4 is 35.9 Å². The Bertz CT molecular complexity index is 701. The summed E-state index contributed by atoms with van der Waals surface area (Å²) in [7, 11) is 3.78. The summed E-state index contributed by atoms with van der Waals surface area (Å²) >= 11 is 12.0. The smallest absolute Gasteiger partial charge is 0.363 e. The van der Waals surface area contributed by atoms with E-state index in [0.29, 0.717) is 27.7 Å². The van der Waals surface area contributed by atoms with Crippen molar-refractivity contribution in [3.63, 3.8) is 0 Å². The van der Waals surface area contributed by atoms with E-state index in [2.05, 4.69) is 11.9 Å². The van der Waals surface area contributed by atoms with Gasteiger partial charge in [-0.3, -0.25) is 0 Å². The van der Waals surface area contributed by atoms with E-state index in [4.69, 9.17) is 32.8 Å². The van der Waals surface area contributed by atoms with E-state index in [-0.39, 0.29) is 6.61 Å². The number of rotatable bonds is 8. The lowest BCUT2D eigenvalue weighted by Gasteiger charge is -2.30. The van der Waals surface area contributed by atoms with Gasteiger partial charge in [0.25, 0.3) is 5.60 Å². The number of likely N-dealkylation sites (N-methyl/N-ethyl adjacent to an activating group) is 1. The molecule has 0 saturated carbocycles. The van der Waals surface area contributed by atoms with Crippen molar-refractivity contribution in [2.45, 2.75) is 5.60 Å². The summed E-state index contributed by atoms with van der Waals surface area (Å²) in [5, 5.41) is 4.61. The van der Waals surface area contributed by atoms with Crippen LogP contribution in [0, 0.1) is 0 Å². The van der Waals surface area contributed by atoms with Crippen molar-refractivity contribution < 1.29 is 14.4 Å². The van der Waals surface area contributed by atoms with Crippen molar-refractivity contribution in [2.24, 2.45) is 5.16 Å². The molecule has 0 heterocycles. The average Bonchev–Trinajstić information content (AvgIpc) is 2.61. The maximum Gasteiger partial charge on any atom is 0.363 e. The van der Waals surface area contributed by atoms with Crippen molar-refractivity contribution in [1.82, 2.24) is 4.90 Å². The van der Waals surface area contributed by atoms with Crippen LogP contribution in [0.15, 0.2) is 53.7 Å². The Morgan fingerprint density at radius 2 is 1.50 bits per heavy atom. The van der Waals surface area contributed by atoms with Gasteiger partial charge in [0.05, 0.1) is 0 Å².